The van der Waals surface area contributed by atoms with Gasteiger partial charge in [-0.15, -0.1) is 0 Å². The van der Waals surface area contributed by atoms with Crippen molar-refractivity contribution in [3.8, 4) is 0 Å². The Balaban J connectivity index is 2.21. The number of Topliss-reactive ketones (excluding diaryl/α,β-unsaturated/α-hetero) is 1. The molecule has 0 amide bonds. The van der Waals surface area contributed by atoms with Crippen LogP contribution in [0.5, 0.6) is 0 Å². The molecule has 0 fully saturated rings. The average Bonchev–Trinajstić information content (AvgIpc) is 2.47. The van der Waals surface area contributed by atoms with Gasteiger partial charge in [0, 0.05) is 25.0 Å². The summed E-state index contributed by atoms with van der Waals surface area (Å²) in [6.07, 6.45) is 7.74. The van der Waals surface area contributed by atoms with E-state index in [1.807, 2.05) is 29.3 Å². The van der Waals surface area contributed by atoms with E-state index in [4.69, 9.17) is 5.11 Å². The molecule has 1 aliphatic heterocycles. The van der Waals surface area contributed by atoms with E-state index >= 15 is 0 Å². The van der Waals surface area contributed by atoms with Gasteiger partial charge in [0.25, 0.3) is 0 Å². The number of halogens is 1. The number of hydrogen-bond donors (Lipinski definition) is 1. The zero-order chi connectivity index (χ0) is 14.5. The maximum Gasteiger partial charge on any atom is 0.191 e. The molecule has 3 nitrogen and oxygen atoms in total. The van der Waals surface area contributed by atoms with Crippen LogP contribution in [-0.2, 0) is 0 Å². The maximum atomic E-state index is 14.1. The fraction of sp³-hybridized carbons (Fsp3) is 0.188. The molecule has 20 heavy (non-hydrogen) atoms. The molecule has 104 valence electrons. The van der Waals surface area contributed by atoms with Gasteiger partial charge in [-0.25, -0.2) is 4.39 Å². The monoisotopic (exact) mass is 273 g/mol. The first-order valence-corrected chi connectivity index (χ1v) is 6.36. The summed E-state index contributed by atoms with van der Waals surface area (Å²) in [7, 11) is 0. The second-order valence-electron chi connectivity index (χ2n) is 4.49. The molecule has 0 saturated carbocycles. The predicted octanol–water partition coefficient (Wildman–Crippen LogP) is 2.84. The van der Waals surface area contributed by atoms with E-state index < -0.39 is 11.6 Å². The van der Waals surface area contributed by atoms with E-state index in [1.54, 1.807) is 6.07 Å². The Kier molecular flexibility index (Phi) is 4.48. The summed E-state index contributed by atoms with van der Waals surface area (Å²) in [5, 5.41) is 8.79. The van der Waals surface area contributed by atoms with Gasteiger partial charge in [0.2, 0.25) is 0 Å². The Labute approximate surface area is 117 Å². The quantitative estimate of drug-likeness (QED) is 0.662. The lowest BCUT2D eigenvalue weighted by molar-refractivity contribution is 0.102. The highest BCUT2D eigenvalue weighted by Crippen LogP contribution is 2.22. The van der Waals surface area contributed by atoms with Gasteiger partial charge in [-0.05, 0) is 36.3 Å². The third-order valence-electron chi connectivity index (χ3n) is 3.08. The SMILES string of the molecule is C=C(CCO)C(=O)c1ccc(N2C=CC=CC2)cc1F. The van der Waals surface area contributed by atoms with Crippen LogP contribution in [0.1, 0.15) is 16.8 Å². The van der Waals surface area contributed by atoms with Crippen molar-refractivity contribution < 1.29 is 14.3 Å². The molecule has 1 N–H and O–H groups in total. The number of allylic oxidation sites excluding steroid dienone is 2. The molecule has 0 radical (unpaired) electrons. The Hall–Kier alpha value is -2.20. The first-order chi connectivity index (χ1) is 9.63. The van der Waals surface area contributed by atoms with E-state index in [2.05, 4.69) is 6.58 Å². The van der Waals surface area contributed by atoms with Crippen molar-refractivity contribution in [3.63, 3.8) is 0 Å². The van der Waals surface area contributed by atoms with Crippen LogP contribution in [0.15, 0.2) is 54.8 Å². The summed E-state index contributed by atoms with van der Waals surface area (Å²) >= 11 is 0. The summed E-state index contributed by atoms with van der Waals surface area (Å²) in [4.78, 5) is 13.8. The highest BCUT2D eigenvalue weighted by molar-refractivity contribution is 6.08. The van der Waals surface area contributed by atoms with Gasteiger partial charge in [-0.3, -0.25) is 4.79 Å². The Bertz CT molecular complexity index is 590. The summed E-state index contributed by atoms with van der Waals surface area (Å²) in [6.45, 7) is 4.06. The van der Waals surface area contributed by atoms with Crippen molar-refractivity contribution in [1.29, 1.82) is 0 Å². The highest BCUT2D eigenvalue weighted by Gasteiger charge is 2.16. The van der Waals surface area contributed by atoms with Crippen LogP contribution in [0.2, 0.25) is 0 Å². The molecule has 0 unspecified atom stereocenters. The number of hydrogen-bond acceptors (Lipinski definition) is 3. The predicted molar refractivity (Wildman–Crippen MR) is 77.2 cm³/mol. The Morgan fingerprint density at radius 3 is 2.80 bits per heavy atom. The van der Waals surface area contributed by atoms with Gasteiger partial charge in [0.05, 0.1) is 5.56 Å². The lowest BCUT2D eigenvalue weighted by atomic mass is 10.0. The fourth-order valence-electron chi connectivity index (χ4n) is 1.96. The van der Waals surface area contributed by atoms with Crippen LogP contribution in [0, 0.1) is 5.82 Å². The molecule has 4 heteroatoms. The van der Waals surface area contributed by atoms with Crippen LogP contribution in [0.3, 0.4) is 0 Å². The number of anilines is 1. The van der Waals surface area contributed by atoms with Gasteiger partial charge in [0.1, 0.15) is 5.82 Å². The smallest absolute Gasteiger partial charge is 0.191 e. The first-order valence-electron chi connectivity index (χ1n) is 6.36. The Morgan fingerprint density at radius 1 is 1.40 bits per heavy atom. The van der Waals surface area contributed by atoms with Gasteiger partial charge in [-0.1, -0.05) is 18.7 Å². The van der Waals surface area contributed by atoms with Crippen molar-refractivity contribution in [2.75, 3.05) is 18.1 Å². The lowest BCUT2D eigenvalue weighted by Gasteiger charge is -2.21. The van der Waals surface area contributed by atoms with E-state index in [-0.39, 0.29) is 24.2 Å². The van der Waals surface area contributed by atoms with E-state index in [0.29, 0.717) is 12.2 Å². The summed E-state index contributed by atoms with van der Waals surface area (Å²) in [5.41, 5.74) is 0.885. The van der Waals surface area contributed by atoms with Gasteiger partial charge in [0.15, 0.2) is 5.78 Å². The molecule has 1 aromatic carbocycles. The number of benzene rings is 1. The largest absolute Gasteiger partial charge is 0.396 e. The molecular formula is C16H16FNO2. The van der Waals surface area contributed by atoms with E-state index in [9.17, 15) is 9.18 Å². The zero-order valence-corrected chi connectivity index (χ0v) is 11.1. The number of carbonyl (C=O) groups is 1. The van der Waals surface area contributed by atoms with Gasteiger partial charge < -0.3 is 10.0 Å². The summed E-state index contributed by atoms with van der Waals surface area (Å²) in [5.74, 6) is -1.04. The van der Waals surface area contributed by atoms with Crippen LogP contribution in [-0.4, -0.2) is 24.0 Å². The normalized spacial score (nSPS) is 13.6. The van der Waals surface area contributed by atoms with Crippen LogP contribution in [0.4, 0.5) is 10.1 Å². The number of aliphatic hydroxyl groups excluding tert-OH is 1. The number of aliphatic hydroxyl groups is 1. The molecule has 1 aliphatic rings. The van der Waals surface area contributed by atoms with Gasteiger partial charge >= 0.3 is 0 Å². The van der Waals surface area contributed by atoms with Gasteiger partial charge in [-0.2, -0.15) is 0 Å². The molecule has 2 rings (SSSR count). The average molecular weight is 273 g/mol. The van der Waals surface area contributed by atoms with Crippen molar-refractivity contribution in [2.24, 2.45) is 0 Å². The van der Waals surface area contributed by atoms with Crippen LogP contribution in [0.25, 0.3) is 0 Å². The minimum Gasteiger partial charge on any atom is -0.396 e. The number of carbonyl (C=O) groups excluding carboxylic acids is 1. The molecule has 0 aromatic heterocycles. The van der Waals surface area contributed by atoms with Crippen molar-refractivity contribution in [1.82, 2.24) is 0 Å². The maximum absolute atomic E-state index is 14.1. The molecule has 0 bridgehead atoms. The molecule has 0 spiro atoms. The number of rotatable bonds is 5. The molecular weight excluding hydrogens is 257 g/mol. The molecule has 1 heterocycles. The van der Waals surface area contributed by atoms with Crippen molar-refractivity contribution >= 4 is 11.5 Å². The molecule has 1 aromatic rings. The number of nitrogens with zero attached hydrogens (tertiary/aromatic N) is 1. The minimum absolute atomic E-state index is 0.0104. The van der Waals surface area contributed by atoms with Crippen molar-refractivity contribution in [3.05, 3.63) is 66.2 Å². The zero-order valence-electron chi connectivity index (χ0n) is 11.1. The topological polar surface area (TPSA) is 40.5 Å². The van der Waals surface area contributed by atoms with Crippen LogP contribution >= 0.6 is 0 Å². The van der Waals surface area contributed by atoms with Crippen LogP contribution < -0.4 is 4.90 Å². The third-order valence-corrected chi connectivity index (χ3v) is 3.08. The summed E-state index contributed by atoms with van der Waals surface area (Å²) < 4.78 is 14.1. The third kappa shape index (κ3) is 3.03. The molecule has 0 saturated heterocycles. The second kappa shape index (κ2) is 6.30. The lowest BCUT2D eigenvalue weighted by Crippen LogP contribution is -2.18. The van der Waals surface area contributed by atoms with Crippen molar-refractivity contribution in [2.45, 2.75) is 6.42 Å². The van der Waals surface area contributed by atoms with E-state index in [0.717, 1.165) is 0 Å². The standard InChI is InChI=1S/C16H16FNO2/c1-12(7-10-19)16(20)14-6-5-13(11-15(14)17)18-8-3-2-4-9-18/h2-6,8,11,19H,1,7,9-10H2. The van der Waals surface area contributed by atoms with E-state index in [1.165, 1.54) is 12.1 Å². The molecule has 0 atom stereocenters. The fourth-order valence-corrected chi connectivity index (χ4v) is 1.96. The first kappa shape index (κ1) is 14.2. The highest BCUT2D eigenvalue weighted by atomic mass is 19.1. The molecule has 0 aliphatic carbocycles. The minimum atomic E-state index is -0.574. The number of ketones is 1. The second-order valence-corrected chi connectivity index (χ2v) is 4.49. The summed E-state index contributed by atoms with van der Waals surface area (Å²) in [6, 6.07) is 4.50. The Morgan fingerprint density at radius 2 is 2.20 bits per heavy atom.